The zero-order valence-corrected chi connectivity index (χ0v) is 12.8. The van der Waals surface area contributed by atoms with Crippen molar-refractivity contribution in [2.24, 2.45) is 4.99 Å². The van der Waals surface area contributed by atoms with Crippen LogP contribution in [0.4, 0.5) is 11.4 Å². The number of rotatable bonds is 8. The summed E-state index contributed by atoms with van der Waals surface area (Å²) in [5.41, 5.74) is 3.00. The SMILES string of the molecule is C=Nc1cc(NCCOC)ccc1/C=C(\C)C(=O)OCC. The molecule has 0 spiro atoms. The number of nitrogens with zero attached hydrogens (tertiary/aromatic N) is 1. The molecule has 0 atom stereocenters. The fourth-order valence-electron chi connectivity index (χ4n) is 1.75. The minimum Gasteiger partial charge on any atom is -0.463 e. The van der Waals surface area contributed by atoms with Crippen LogP contribution in [0.15, 0.2) is 28.8 Å². The molecular formula is C16H22N2O3. The first-order valence-corrected chi connectivity index (χ1v) is 6.81. The summed E-state index contributed by atoms with van der Waals surface area (Å²) < 4.78 is 9.95. The van der Waals surface area contributed by atoms with Crippen molar-refractivity contribution < 1.29 is 14.3 Å². The molecule has 0 bridgehead atoms. The van der Waals surface area contributed by atoms with Crippen molar-refractivity contribution in [1.82, 2.24) is 0 Å². The summed E-state index contributed by atoms with van der Waals surface area (Å²) in [6.07, 6.45) is 1.75. The van der Waals surface area contributed by atoms with Crippen molar-refractivity contribution in [1.29, 1.82) is 0 Å². The van der Waals surface area contributed by atoms with Gasteiger partial charge >= 0.3 is 5.97 Å². The molecule has 1 aromatic carbocycles. The van der Waals surface area contributed by atoms with E-state index in [2.05, 4.69) is 17.0 Å². The molecule has 0 heterocycles. The minimum absolute atomic E-state index is 0.324. The van der Waals surface area contributed by atoms with Crippen LogP contribution < -0.4 is 5.32 Å². The maximum Gasteiger partial charge on any atom is 0.333 e. The van der Waals surface area contributed by atoms with E-state index in [1.54, 1.807) is 27.0 Å². The molecule has 0 amide bonds. The average molecular weight is 290 g/mol. The Labute approximate surface area is 125 Å². The molecule has 21 heavy (non-hydrogen) atoms. The lowest BCUT2D eigenvalue weighted by Crippen LogP contribution is -2.07. The highest BCUT2D eigenvalue weighted by atomic mass is 16.5. The van der Waals surface area contributed by atoms with Gasteiger partial charge in [-0.05, 0) is 38.8 Å². The number of esters is 1. The fourth-order valence-corrected chi connectivity index (χ4v) is 1.75. The third-order valence-corrected chi connectivity index (χ3v) is 2.81. The maximum absolute atomic E-state index is 11.6. The van der Waals surface area contributed by atoms with E-state index in [1.807, 2.05) is 18.2 Å². The van der Waals surface area contributed by atoms with Crippen LogP contribution in [0.2, 0.25) is 0 Å². The lowest BCUT2D eigenvalue weighted by atomic mass is 10.1. The topological polar surface area (TPSA) is 59.9 Å². The summed E-state index contributed by atoms with van der Waals surface area (Å²) in [5, 5.41) is 3.22. The summed E-state index contributed by atoms with van der Waals surface area (Å²) in [5.74, 6) is -0.324. The number of methoxy groups -OCH3 is 1. The molecule has 0 aliphatic heterocycles. The van der Waals surface area contributed by atoms with Gasteiger partial charge in [0.25, 0.3) is 0 Å². The molecule has 5 heteroatoms. The van der Waals surface area contributed by atoms with Crippen LogP contribution in [0.25, 0.3) is 6.08 Å². The Morgan fingerprint density at radius 3 is 2.86 bits per heavy atom. The molecule has 0 aliphatic carbocycles. The predicted molar refractivity (Wildman–Crippen MR) is 86.3 cm³/mol. The molecule has 1 N–H and O–H groups in total. The first-order chi connectivity index (χ1) is 10.1. The lowest BCUT2D eigenvalue weighted by Gasteiger charge is -2.09. The Morgan fingerprint density at radius 1 is 1.48 bits per heavy atom. The second-order valence-electron chi connectivity index (χ2n) is 4.40. The van der Waals surface area contributed by atoms with Crippen LogP contribution in [0, 0.1) is 0 Å². The number of ether oxygens (including phenoxy) is 2. The second kappa shape index (κ2) is 8.92. The Morgan fingerprint density at radius 2 is 2.24 bits per heavy atom. The number of hydrogen-bond acceptors (Lipinski definition) is 5. The van der Waals surface area contributed by atoms with E-state index in [0.29, 0.717) is 31.0 Å². The van der Waals surface area contributed by atoms with E-state index in [-0.39, 0.29) is 5.97 Å². The summed E-state index contributed by atoms with van der Waals surface area (Å²) in [6.45, 7) is 8.77. The van der Waals surface area contributed by atoms with Gasteiger partial charge in [0, 0.05) is 30.5 Å². The van der Waals surface area contributed by atoms with Gasteiger partial charge in [-0.15, -0.1) is 0 Å². The number of anilines is 1. The molecule has 114 valence electrons. The maximum atomic E-state index is 11.6. The molecule has 0 fully saturated rings. The van der Waals surface area contributed by atoms with Gasteiger partial charge in [-0.2, -0.15) is 0 Å². The van der Waals surface area contributed by atoms with Gasteiger partial charge < -0.3 is 14.8 Å². The molecule has 5 nitrogen and oxygen atoms in total. The highest BCUT2D eigenvalue weighted by Crippen LogP contribution is 2.25. The van der Waals surface area contributed by atoms with Crippen LogP contribution in [0.3, 0.4) is 0 Å². The molecule has 1 aromatic rings. The minimum atomic E-state index is -0.324. The molecular weight excluding hydrogens is 268 g/mol. The van der Waals surface area contributed by atoms with Crippen molar-refractivity contribution in [2.75, 3.05) is 32.2 Å². The van der Waals surface area contributed by atoms with Crippen LogP contribution in [-0.2, 0) is 14.3 Å². The van der Waals surface area contributed by atoms with Gasteiger partial charge in [-0.25, -0.2) is 4.79 Å². The molecule has 0 saturated carbocycles. The highest BCUT2D eigenvalue weighted by molar-refractivity contribution is 5.94. The van der Waals surface area contributed by atoms with Crippen LogP contribution >= 0.6 is 0 Å². The Bertz CT molecular complexity index is 524. The van der Waals surface area contributed by atoms with Crippen molar-refractivity contribution in [3.8, 4) is 0 Å². The summed E-state index contributed by atoms with van der Waals surface area (Å²) in [7, 11) is 1.66. The van der Waals surface area contributed by atoms with Crippen molar-refractivity contribution in [2.45, 2.75) is 13.8 Å². The smallest absolute Gasteiger partial charge is 0.333 e. The number of carbonyl (C=O) groups excluding carboxylic acids is 1. The summed E-state index contributed by atoms with van der Waals surface area (Å²) >= 11 is 0. The van der Waals surface area contributed by atoms with Gasteiger partial charge in [-0.3, -0.25) is 4.99 Å². The summed E-state index contributed by atoms with van der Waals surface area (Å²) in [6, 6.07) is 5.70. The summed E-state index contributed by atoms with van der Waals surface area (Å²) in [4.78, 5) is 15.6. The van der Waals surface area contributed by atoms with Gasteiger partial charge in [0.2, 0.25) is 0 Å². The number of nitrogens with one attached hydrogen (secondary N) is 1. The Balaban J connectivity index is 2.90. The Hall–Kier alpha value is -2.14. The number of benzene rings is 1. The highest BCUT2D eigenvalue weighted by Gasteiger charge is 2.07. The lowest BCUT2D eigenvalue weighted by molar-refractivity contribution is -0.138. The molecule has 0 saturated heterocycles. The number of hydrogen-bond donors (Lipinski definition) is 1. The molecule has 0 radical (unpaired) electrons. The van der Waals surface area contributed by atoms with E-state index >= 15 is 0 Å². The molecule has 0 aliphatic rings. The van der Waals surface area contributed by atoms with Crippen LogP contribution in [-0.4, -0.2) is 39.6 Å². The standard InChI is InChI=1S/C16H22N2O3/c1-5-21-16(19)12(2)10-13-6-7-14(11-15(13)17-3)18-8-9-20-4/h6-7,10-11,18H,3,5,8-9H2,1-2,4H3/b12-10+. The monoisotopic (exact) mass is 290 g/mol. The molecule has 0 aromatic heterocycles. The Kier molecular flexibility index (Phi) is 7.18. The zero-order chi connectivity index (χ0) is 15.7. The third kappa shape index (κ3) is 5.39. The van der Waals surface area contributed by atoms with Gasteiger partial charge in [0.05, 0.1) is 18.9 Å². The van der Waals surface area contributed by atoms with E-state index in [1.165, 1.54) is 0 Å². The zero-order valence-electron chi connectivity index (χ0n) is 12.8. The van der Waals surface area contributed by atoms with Gasteiger partial charge in [0.15, 0.2) is 0 Å². The first-order valence-electron chi connectivity index (χ1n) is 6.81. The van der Waals surface area contributed by atoms with Crippen molar-refractivity contribution >= 4 is 30.1 Å². The van der Waals surface area contributed by atoms with Crippen molar-refractivity contribution in [3.63, 3.8) is 0 Å². The largest absolute Gasteiger partial charge is 0.463 e. The molecule has 1 rings (SSSR count). The normalized spacial score (nSPS) is 11.1. The average Bonchev–Trinajstić information content (AvgIpc) is 2.49. The first kappa shape index (κ1) is 16.9. The molecule has 0 unspecified atom stereocenters. The number of carbonyl (C=O) groups is 1. The van der Waals surface area contributed by atoms with Crippen LogP contribution in [0.1, 0.15) is 19.4 Å². The van der Waals surface area contributed by atoms with E-state index in [9.17, 15) is 4.79 Å². The van der Waals surface area contributed by atoms with E-state index in [0.717, 1.165) is 11.3 Å². The third-order valence-electron chi connectivity index (χ3n) is 2.81. The van der Waals surface area contributed by atoms with E-state index < -0.39 is 0 Å². The fraction of sp³-hybridized carbons (Fsp3) is 0.375. The predicted octanol–water partition coefficient (Wildman–Crippen LogP) is 3.04. The number of aliphatic imine (C=N–C) groups is 1. The van der Waals surface area contributed by atoms with Gasteiger partial charge in [-0.1, -0.05) is 6.07 Å². The second-order valence-corrected chi connectivity index (χ2v) is 4.40. The van der Waals surface area contributed by atoms with Crippen molar-refractivity contribution in [3.05, 3.63) is 29.3 Å². The van der Waals surface area contributed by atoms with Crippen LogP contribution in [0.5, 0.6) is 0 Å². The van der Waals surface area contributed by atoms with Gasteiger partial charge in [0.1, 0.15) is 0 Å². The van der Waals surface area contributed by atoms with E-state index in [4.69, 9.17) is 9.47 Å². The quantitative estimate of drug-likeness (QED) is 0.346.